The number of halogens is 2. The summed E-state index contributed by atoms with van der Waals surface area (Å²) >= 11 is 0. The van der Waals surface area contributed by atoms with Crippen molar-refractivity contribution in [3.63, 3.8) is 0 Å². The molecule has 0 saturated carbocycles. The first-order chi connectivity index (χ1) is 12.9. The highest BCUT2D eigenvalue weighted by molar-refractivity contribution is 5.75. The van der Waals surface area contributed by atoms with E-state index in [0.29, 0.717) is 37.9 Å². The van der Waals surface area contributed by atoms with Crippen molar-refractivity contribution < 1.29 is 18.3 Å². The van der Waals surface area contributed by atoms with Crippen molar-refractivity contribution in [1.82, 2.24) is 15.1 Å². The first-order valence-electron chi connectivity index (χ1n) is 9.41. The third kappa shape index (κ3) is 4.50. The Morgan fingerprint density at radius 1 is 1.19 bits per heavy atom. The molecule has 2 heterocycles. The molecular formula is C19H28F2N4O2. The predicted molar refractivity (Wildman–Crippen MR) is 100.0 cm³/mol. The molecular weight excluding hydrogens is 354 g/mol. The molecule has 150 valence electrons. The van der Waals surface area contributed by atoms with E-state index in [1.165, 1.54) is 12.1 Å². The Hall–Kier alpha value is -1.93. The molecule has 2 fully saturated rings. The summed E-state index contributed by atoms with van der Waals surface area (Å²) in [5.41, 5.74) is 0.374. The van der Waals surface area contributed by atoms with Gasteiger partial charge in [-0.15, -0.1) is 0 Å². The second-order valence-electron chi connectivity index (χ2n) is 7.45. The third-order valence-electron chi connectivity index (χ3n) is 5.45. The summed E-state index contributed by atoms with van der Waals surface area (Å²) in [4.78, 5) is 18.5. The normalized spacial score (nSPS) is 23.9. The maximum Gasteiger partial charge on any atom is 0.317 e. The van der Waals surface area contributed by atoms with Crippen LogP contribution in [0, 0.1) is 11.6 Å². The molecule has 1 aromatic carbocycles. The Morgan fingerprint density at radius 2 is 1.89 bits per heavy atom. The van der Waals surface area contributed by atoms with E-state index in [0.717, 1.165) is 19.2 Å². The van der Waals surface area contributed by atoms with Crippen LogP contribution in [-0.2, 0) is 4.74 Å². The Labute approximate surface area is 159 Å². The van der Waals surface area contributed by atoms with Crippen LogP contribution in [0.2, 0.25) is 0 Å². The maximum atomic E-state index is 14.0. The standard InChI is InChI=1S/C19H28F2N4O2/c1-13(2)25-11-16(18(12-25)27-3)22-19(26)24-8-6-23(7-9-24)17-5-4-14(20)10-15(17)21/h4-5,10,13,16,18H,6-9,11-12H2,1-3H3,(H,22,26)/t16-,18-/m0/s1. The van der Waals surface area contributed by atoms with Crippen molar-refractivity contribution in [1.29, 1.82) is 0 Å². The SMILES string of the molecule is CO[C@H]1CN(C(C)C)C[C@@H]1NC(=O)N1CCN(c2ccc(F)cc2F)CC1. The van der Waals surface area contributed by atoms with Crippen LogP contribution < -0.4 is 10.2 Å². The molecule has 8 heteroatoms. The topological polar surface area (TPSA) is 48.1 Å². The third-order valence-corrected chi connectivity index (χ3v) is 5.45. The van der Waals surface area contributed by atoms with E-state index in [9.17, 15) is 13.6 Å². The van der Waals surface area contributed by atoms with Crippen LogP contribution in [0.15, 0.2) is 18.2 Å². The number of anilines is 1. The summed E-state index contributed by atoms with van der Waals surface area (Å²) in [5, 5.41) is 3.09. The number of benzene rings is 1. The number of carbonyl (C=O) groups is 1. The van der Waals surface area contributed by atoms with Crippen LogP contribution in [0.5, 0.6) is 0 Å². The number of amides is 2. The highest BCUT2D eigenvalue weighted by atomic mass is 19.1. The van der Waals surface area contributed by atoms with Gasteiger partial charge in [0.1, 0.15) is 11.6 Å². The molecule has 27 heavy (non-hydrogen) atoms. The molecule has 2 amide bonds. The van der Waals surface area contributed by atoms with Gasteiger partial charge < -0.3 is 19.9 Å². The fourth-order valence-corrected chi connectivity index (χ4v) is 3.74. The molecule has 2 atom stereocenters. The lowest BCUT2D eigenvalue weighted by molar-refractivity contribution is 0.0868. The van der Waals surface area contributed by atoms with Gasteiger partial charge in [-0.2, -0.15) is 0 Å². The second-order valence-corrected chi connectivity index (χ2v) is 7.45. The molecule has 0 bridgehead atoms. The van der Waals surface area contributed by atoms with Crippen molar-refractivity contribution in [2.45, 2.75) is 32.0 Å². The minimum absolute atomic E-state index is 0.0223. The molecule has 1 aromatic rings. The molecule has 2 aliphatic heterocycles. The van der Waals surface area contributed by atoms with Gasteiger partial charge in [0.15, 0.2) is 0 Å². The lowest BCUT2D eigenvalue weighted by atomic mass is 10.2. The molecule has 2 saturated heterocycles. The van der Waals surface area contributed by atoms with Gasteiger partial charge in [0.05, 0.1) is 17.8 Å². The van der Waals surface area contributed by atoms with Gasteiger partial charge in [0.2, 0.25) is 0 Å². The molecule has 0 aliphatic carbocycles. The highest BCUT2D eigenvalue weighted by Gasteiger charge is 2.36. The number of hydrogen-bond donors (Lipinski definition) is 1. The van der Waals surface area contributed by atoms with Crippen LogP contribution in [0.1, 0.15) is 13.8 Å². The smallest absolute Gasteiger partial charge is 0.317 e. The van der Waals surface area contributed by atoms with E-state index in [1.807, 2.05) is 4.90 Å². The molecule has 6 nitrogen and oxygen atoms in total. The van der Waals surface area contributed by atoms with Crippen LogP contribution in [0.4, 0.5) is 19.3 Å². The molecule has 0 aromatic heterocycles. The summed E-state index contributed by atoms with van der Waals surface area (Å²) in [6.07, 6.45) is -0.0223. The van der Waals surface area contributed by atoms with Crippen LogP contribution >= 0.6 is 0 Å². The van der Waals surface area contributed by atoms with Gasteiger partial charge in [0.25, 0.3) is 0 Å². The first-order valence-corrected chi connectivity index (χ1v) is 9.41. The van der Waals surface area contributed by atoms with Crippen molar-refractivity contribution in [3.05, 3.63) is 29.8 Å². The van der Waals surface area contributed by atoms with Gasteiger partial charge >= 0.3 is 6.03 Å². The minimum Gasteiger partial charge on any atom is -0.378 e. The van der Waals surface area contributed by atoms with Crippen LogP contribution in [-0.4, -0.2) is 80.4 Å². The van der Waals surface area contributed by atoms with Gasteiger partial charge in [-0.25, -0.2) is 13.6 Å². The van der Waals surface area contributed by atoms with E-state index in [1.54, 1.807) is 12.0 Å². The fraction of sp³-hybridized carbons (Fsp3) is 0.632. The average molecular weight is 382 g/mol. The number of piperazine rings is 1. The van der Waals surface area contributed by atoms with E-state index >= 15 is 0 Å². The highest BCUT2D eigenvalue weighted by Crippen LogP contribution is 2.22. The number of ether oxygens (including phenoxy) is 1. The number of methoxy groups -OCH3 is 1. The van der Waals surface area contributed by atoms with Gasteiger partial charge in [-0.05, 0) is 26.0 Å². The Kier molecular flexibility index (Phi) is 6.16. The Bertz CT molecular complexity index is 665. The zero-order chi connectivity index (χ0) is 19.6. The predicted octanol–water partition coefficient (Wildman–Crippen LogP) is 1.90. The average Bonchev–Trinajstić information content (AvgIpc) is 3.05. The molecule has 0 unspecified atom stereocenters. The number of nitrogens with one attached hydrogen (secondary N) is 1. The summed E-state index contributed by atoms with van der Waals surface area (Å²) in [5.74, 6) is -1.16. The monoisotopic (exact) mass is 382 g/mol. The lowest BCUT2D eigenvalue weighted by Crippen LogP contribution is -2.55. The molecule has 0 radical (unpaired) electrons. The zero-order valence-electron chi connectivity index (χ0n) is 16.1. The summed E-state index contributed by atoms with van der Waals surface area (Å²) in [6, 6.07) is 3.83. The number of urea groups is 1. The first kappa shape index (κ1) is 19.8. The quantitative estimate of drug-likeness (QED) is 0.864. The van der Waals surface area contributed by atoms with Crippen molar-refractivity contribution in [2.75, 3.05) is 51.3 Å². The maximum absolute atomic E-state index is 14.0. The van der Waals surface area contributed by atoms with E-state index in [4.69, 9.17) is 4.74 Å². The number of nitrogens with zero attached hydrogens (tertiary/aromatic N) is 3. The van der Waals surface area contributed by atoms with Crippen LogP contribution in [0.25, 0.3) is 0 Å². The number of likely N-dealkylation sites (tertiary alicyclic amines) is 1. The van der Waals surface area contributed by atoms with Gasteiger partial charge in [-0.1, -0.05) is 0 Å². The van der Waals surface area contributed by atoms with Crippen molar-refractivity contribution in [3.8, 4) is 0 Å². The fourth-order valence-electron chi connectivity index (χ4n) is 3.74. The molecule has 1 N–H and O–H groups in total. The molecule has 0 spiro atoms. The molecule has 2 aliphatic rings. The van der Waals surface area contributed by atoms with Gasteiger partial charge in [0, 0.05) is 58.5 Å². The Morgan fingerprint density at radius 3 is 2.48 bits per heavy atom. The number of carbonyl (C=O) groups excluding carboxylic acids is 1. The number of rotatable bonds is 4. The second kappa shape index (κ2) is 8.39. The van der Waals surface area contributed by atoms with E-state index in [-0.39, 0.29) is 18.2 Å². The van der Waals surface area contributed by atoms with Gasteiger partial charge in [-0.3, -0.25) is 4.90 Å². The summed E-state index contributed by atoms with van der Waals surface area (Å²) in [6.45, 7) is 7.82. The van der Waals surface area contributed by atoms with E-state index < -0.39 is 11.6 Å². The number of hydrogen-bond acceptors (Lipinski definition) is 4. The van der Waals surface area contributed by atoms with Crippen molar-refractivity contribution >= 4 is 11.7 Å². The van der Waals surface area contributed by atoms with E-state index in [2.05, 4.69) is 24.1 Å². The Balaban J connectivity index is 1.54. The van der Waals surface area contributed by atoms with Crippen molar-refractivity contribution in [2.24, 2.45) is 0 Å². The zero-order valence-corrected chi connectivity index (χ0v) is 16.1. The largest absolute Gasteiger partial charge is 0.378 e. The lowest BCUT2D eigenvalue weighted by Gasteiger charge is -2.37. The summed E-state index contributed by atoms with van der Waals surface area (Å²) < 4.78 is 32.6. The molecule has 3 rings (SSSR count). The minimum atomic E-state index is -0.589. The summed E-state index contributed by atoms with van der Waals surface area (Å²) in [7, 11) is 1.67. The van der Waals surface area contributed by atoms with Crippen LogP contribution in [0.3, 0.4) is 0 Å².